The fourth-order valence-corrected chi connectivity index (χ4v) is 3.84. The molecule has 2 aliphatic rings. The van der Waals surface area contributed by atoms with E-state index in [0.29, 0.717) is 12.2 Å². The lowest BCUT2D eigenvalue weighted by molar-refractivity contribution is 0.0153. The van der Waals surface area contributed by atoms with Gasteiger partial charge in [0.15, 0.2) is 0 Å². The Morgan fingerprint density at radius 3 is 2.94 bits per heavy atom. The van der Waals surface area contributed by atoms with Crippen molar-refractivity contribution in [3.05, 3.63) is 24.3 Å². The maximum Gasteiger partial charge on any atom is 0.414 e. The van der Waals surface area contributed by atoms with Crippen LogP contribution in [0.5, 0.6) is 5.75 Å². The maximum absolute atomic E-state index is 12.1. The molecule has 4 nitrogen and oxygen atoms in total. The van der Waals surface area contributed by atoms with Crippen molar-refractivity contribution in [2.45, 2.75) is 18.4 Å². The smallest absolute Gasteiger partial charge is 0.414 e. The molecule has 1 spiro atoms. The van der Waals surface area contributed by atoms with Crippen LogP contribution < -0.4 is 4.90 Å². The van der Waals surface area contributed by atoms with Gasteiger partial charge in [-0.15, -0.1) is 0 Å². The monoisotopic (exact) mass is 265 g/mol. The minimum Gasteiger partial charge on any atom is -0.508 e. The number of benzene rings is 1. The van der Waals surface area contributed by atoms with Crippen LogP contribution in [0.4, 0.5) is 10.5 Å². The van der Waals surface area contributed by atoms with Crippen molar-refractivity contribution in [1.82, 2.24) is 0 Å². The number of carbonyl (C=O) groups is 1. The molecule has 0 aliphatic carbocycles. The third-order valence-electron chi connectivity index (χ3n) is 3.52. The van der Waals surface area contributed by atoms with Crippen LogP contribution in [0.1, 0.15) is 12.8 Å². The van der Waals surface area contributed by atoms with Gasteiger partial charge >= 0.3 is 6.09 Å². The lowest BCUT2D eigenvalue weighted by Crippen LogP contribution is -2.49. The molecule has 96 valence electrons. The third-order valence-corrected chi connectivity index (χ3v) is 4.75. The topological polar surface area (TPSA) is 49.8 Å². The molecule has 1 atom stereocenters. The van der Waals surface area contributed by atoms with Crippen molar-refractivity contribution in [2.75, 3.05) is 23.0 Å². The first-order chi connectivity index (χ1) is 8.69. The Labute approximate surface area is 110 Å². The molecule has 2 heterocycles. The van der Waals surface area contributed by atoms with Crippen LogP contribution in [0.3, 0.4) is 0 Å². The zero-order chi connectivity index (χ0) is 12.6. The molecular formula is C13H15NO3S. The number of hydrogen-bond donors (Lipinski definition) is 1. The first-order valence-corrected chi connectivity index (χ1v) is 7.21. The zero-order valence-electron chi connectivity index (χ0n) is 9.96. The summed E-state index contributed by atoms with van der Waals surface area (Å²) < 4.78 is 5.63. The van der Waals surface area contributed by atoms with E-state index in [2.05, 4.69) is 0 Å². The van der Waals surface area contributed by atoms with Gasteiger partial charge in [-0.1, -0.05) is 6.07 Å². The molecule has 1 N–H and O–H groups in total. The number of rotatable bonds is 1. The van der Waals surface area contributed by atoms with Gasteiger partial charge in [-0.2, -0.15) is 11.8 Å². The molecule has 2 aliphatic heterocycles. The maximum atomic E-state index is 12.1. The molecule has 0 radical (unpaired) electrons. The average molecular weight is 265 g/mol. The molecule has 2 saturated heterocycles. The number of ether oxygens (including phenoxy) is 1. The molecule has 2 fully saturated rings. The summed E-state index contributed by atoms with van der Waals surface area (Å²) in [6, 6.07) is 6.71. The highest BCUT2D eigenvalue weighted by Crippen LogP contribution is 2.38. The Kier molecular flexibility index (Phi) is 2.86. The number of anilines is 1. The number of carbonyl (C=O) groups excluding carboxylic acids is 1. The number of nitrogens with zero attached hydrogens (tertiary/aromatic N) is 1. The van der Waals surface area contributed by atoms with Gasteiger partial charge in [0, 0.05) is 24.8 Å². The molecule has 0 aromatic heterocycles. The summed E-state index contributed by atoms with van der Waals surface area (Å²) >= 11 is 1.85. The molecule has 0 bridgehead atoms. The second-order valence-electron chi connectivity index (χ2n) is 4.78. The van der Waals surface area contributed by atoms with Crippen LogP contribution in [0.15, 0.2) is 24.3 Å². The third kappa shape index (κ3) is 2.03. The average Bonchev–Trinajstić information content (AvgIpc) is 2.77. The number of amides is 1. The van der Waals surface area contributed by atoms with Crippen molar-refractivity contribution in [1.29, 1.82) is 0 Å². The van der Waals surface area contributed by atoms with Crippen LogP contribution in [-0.2, 0) is 4.74 Å². The van der Waals surface area contributed by atoms with Gasteiger partial charge in [0.1, 0.15) is 11.4 Å². The van der Waals surface area contributed by atoms with Crippen molar-refractivity contribution in [3.8, 4) is 5.75 Å². The van der Waals surface area contributed by atoms with Gasteiger partial charge < -0.3 is 9.84 Å². The molecule has 1 aromatic rings. The van der Waals surface area contributed by atoms with Crippen molar-refractivity contribution >= 4 is 23.5 Å². The minimum atomic E-state index is -0.297. The van der Waals surface area contributed by atoms with Crippen molar-refractivity contribution in [3.63, 3.8) is 0 Å². The van der Waals surface area contributed by atoms with E-state index >= 15 is 0 Å². The number of phenols is 1. The van der Waals surface area contributed by atoms with Crippen molar-refractivity contribution < 1.29 is 14.6 Å². The highest BCUT2D eigenvalue weighted by Gasteiger charge is 2.43. The van der Waals surface area contributed by atoms with Gasteiger partial charge in [0.2, 0.25) is 0 Å². The van der Waals surface area contributed by atoms with E-state index in [1.165, 1.54) is 0 Å². The van der Waals surface area contributed by atoms with E-state index < -0.39 is 0 Å². The Hall–Kier alpha value is -1.36. The summed E-state index contributed by atoms with van der Waals surface area (Å²) in [6.07, 6.45) is 1.52. The number of hydrogen-bond acceptors (Lipinski definition) is 4. The minimum absolute atomic E-state index is 0.164. The summed E-state index contributed by atoms with van der Waals surface area (Å²) in [5.41, 5.74) is 0.454. The van der Waals surface area contributed by atoms with E-state index in [1.807, 2.05) is 17.8 Å². The molecule has 5 heteroatoms. The Morgan fingerprint density at radius 1 is 1.39 bits per heavy atom. The number of phenolic OH excluding ortho intramolecular Hbond substituents is 1. The SMILES string of the molecule is O=C1OC2(CCSC2)CCN1c1cccc(O)c1. The van der Waals surface area contributed by atoms with Crippen LogP contribution in [0.25, 0.3) is 0 Å². The number of aromatic hydroxyl groups is 1. The van der Waals surface area contributed by atoms with Crippen molar-refractivity contribution in [2.24, 2.45) is 0 Å². The van der Waals surface area contributed by atoms with Gasteiger partial charge in [-0.05, 0) is 24.3 Å². The Morgan fingerprint density at radius 2 is 2.28 bits per heavy atom. The molecular weight excluding hydrogens is 250 g/mol. The lowest BCUT2D eigenvalue weighted by atomic mass is 9.97. The fraction of sp³-hybridized carbons (Fsp3) is 0.462. The van der Waals surface area contributed by atoms with E-state index in [4.69, 9.17) is 4.74 Å². The molecule has 1 unspecified atom stereocenters. The van der Waals surface area contributed by atoms with E-state index in [9.17, 15) is 9.90 Å². The van der Waals surface area contributed by atoms with Gasteiger partial charge in [-0.3, -0.25) is 4.90 Å². The van der Waals surface area contributed by atoms with E-state index in [-0.39, 0.29) is 17.4 Å². The summed E-state index contributed by atoms with van der Waals surface area (Å²) in [7, 11) is 0. The quantitative estimate of drug-likeness (QED) is 0.848. The van der Waals surface area contributed by atoms with E-state index in [1.54, 1.807) is 23.1 Å². The first kappa shape index (κ1) is 11.7. The molecule has 0 saturated carbocycles. The predicted octanol–water partition coefficient (Wildman–Crippen LogP) is 2.61. The zero-order valence-corrected chi connectivity index (χ0v) is 10.8. The van der Waals surface area contributed by atoms with Crippen LogP contribution in [0, 0.1) is 0 Å². The summed E-state index contributed by atoms with van der Waals surface area (Å²) in [6.45, 7) is 0.656. The van der Waals surface area contributed by atoms with Crippen LogP contribution in [0.2, 0.25) is 0 Å². The fourth-order valence-electron chi connectivity index (χ4n) is 2.46. The Bertz CT molecular complexity index is 471. The molecule has 18 heavy (non-hydrogen) atoms. The van der Waals surface area contributed by atoms with Crippen LogP contribution >= 0.6 is 11.8 Å². The summed E-state index contributed by atoms with van der Waals surface area (Å²) in [4.78, 5) is 13.7. The summed E-state index contributed by atoms with van der Waals surface area (Å²) in [5, 5.41) is 9.45. The second kappa shape index (κ2) is 4.39. The standard InChI is InChI=1S/C13H15NO3S/c15-11-3-1-2-10(8-11)14-6-4-13(17-12(14)16)5-7-18-9-13/h1-3,8,15H,4-7,9H2. The van der Waals surface area contributed by atoms with Gasteiger partial charge in [-0.25, -0.2) is 4.79 Å². The largest absolute Gasteiger partial charge is 0.508 e. The second-order valence-corrected chi connectivity index (χ2v) is 5.88. The van der Waals surface area contributed by atoms with Gasteiger partial charge in [0.05, 0.1) is 5.69 Å². The van der Waals surface area contributed by atoms with Crippen LogP contribution in [-0.4, -0.2) is 34.9 Å². The van der Waals surface area contributed by atoms with E-state index in [0.717, 1.165) is 24.3 Å². The molecule has 1 aromatic carbocycles. The molecule has 3 rings (SSSR count). The predicted molar refractivity (Wildman–Crippen MR) is 71.2 cm³/mol. The highest BCUT2D eigenvalue weighted by molar-refractivity contribution is 7.99. The molecule has 1 amide bonds. The van der Waals surface area contributed by atoms with Gasteiger partial charge in [0.25, 0.3) is 0 Å². The number of thioether (sulfide) groups is 1. The summed E-state index contributed by atoms with van der Waals surface area (Å²) in [5.74, 6) is 2.14. The lowest BCUT2D eigenvalue weighted by Gasteiger charge is -2.38. The Balaban J connectivity index is 1.78. The normalized spacial score (nSPS) is 27.6. The first-order valence-electron chi connectivity index (χ1n) is 6.06. The highest BCUT2D eigenvalue weighted by atomic mass is 32.2.